The quantitative estimate of drug-likeness (QED) is 0.658. The van der Waals surface area contributed by atoms with Crippen LogP contribution in [0.25, 0.3) is 6.08 Å². The molecule has 0 fully saturated rings. The van der Waals surface area contributed by atoms with Crippen LogP contribution in [0.5, 0.6) is 0 Å². The molecule has 3 nitrogen and oxygen atoms in total. The molecule has 2 N–H and O–H groups in total. The topological polar surface area (TPSA) is 41.1 Å². The van der Waals surface area contributed by atoms with Crippen LogP contribution >= 0.6 is 23.8 Å². The van der Waals surface area contributed by atoms with Crippen LogP contribution in [0.15, 0.2) is 54.6 Å². The van der Waals surface area contributed by atoms with Crippen LogP contribution in [-0.4, -0.2) is 11.0 Å². The van der Waals surface area contributed by atoms with Gasteiger partial charge in [-0.3, -0.25) is 10.1 Å². The first-order valence-electron chi connectivity index (χ1n) is 6.35. The van der Waals surface area contributed by atoms with Gasteiger partial charge < -0.3 is 5.32 Å². The number of hydrogen-bond acceptors (Lipinski definition) is 2. The first-order valence-corrected chi connectivity index (χ1v) is 7.13. The normalized spacial score (nSPS) is 10.5. The Morgan fingerprint density at radius 1 is 1.14 bits per heavy atom. The van der Waals surface area contributed by atoms with Gasteiger partial charge in [0.2, 0.25) is 5.91 Å². The van der Waals surface area contributed by atoms with Gasteiger partial charge in [-0.05, 0) is 54.2 Å². The fourth-order valence-corrected chi connectivity index (χ4v) is 2.04. The molecule has 0 saturated heterocycles. The Morgan fingerprint density at radius 2 is 1.82 bits per heavy atom. The van der Waals surface area contributed by atoms with E-state index in [4.69, 9.17) is 23.8 Å². The molecule has 22 heavy (non-hydrogen) atoms. The van der Waals surface area contributed by atoms with E-state index in [9.17, 15) is 9.18 Å². The SMILES string of the molecule is O=C(/C=C/c1ccccc1Cl)NC(=S)Nc1ccc(F)cc1. The van der Waals surface area contributed by atoms with Gasteiger partial charge in [-0.1, -0.05) is 29.8 Å². The van der Waals surface area contributed by atoms with E-state index in [-0.39, 0.29) is 16.8 Å². The molecule has 0 heterocycles. The number of hydrogen-bond donors (Lipinski definition) is 2. The molecule has 2 aromatic carbocycles. The third-order valence-corrected chi connectivity index (χ3v) is 3.21. The molecule has 0 spiro atoms. The molecule has 0 aliphatic carbocycles. The number of nitrogens with one attached hydrogen (secondary N) is 2. The molecule has 0 bridgehead atoms. The lowest BCUT2D eigenvalue weighted by molar-refractivity contribution is -0.115. The number of rotatable bonds is 3. The van der Waals surface area contributed by atoms with Crippen molar-refractivity contribution in [1.82, 2.24) is 5.32 Å². The summed E-state index contributed by atoms with van der Waals surface area (Å²) in [4.78, 5) is 11.8. The molecule has 0 atom stereocenters. The molecule has 0 aromatic heterocycles. The van der Waals surface area contributed by atoms with Gasteiger partial charge in [-0.15, -0.1) is 0 Å². The minimum Gasteiger partial charge on any atom is -0.332 e. The van der Waals surface area contributed by atoms with E-state index in [1.807, 2.05) is 12.1 Å². The van der Waals surface area contributed by atoms with E-state index in [2.05, 4.69) is 10.6 Å². The number of amides is 1. The van der Waals surface area contributed by atoms with Crippen molar-refractivity contribution in [3.05, 3.63) is 71.0 Å². The Morgan fingerprint density at radius 3 is 2.50 bits per heavy atom. The monoisotopic (exact) mass is 334 g/mol. The zero-order valence-electron chi connectivity index (χ0n) is 11.3. The predicted molar refractivity (Wildman–Crippen MR) is 91.2 cm³/mol. The highest BCUT2D eigenvalue weighted by Gasteiger charge is 2.02. The minimum atomic E-state index is -0.389. The maximum atomic E-state index is 12.8. The zero-order chi connectivity index (χ0) is 15.9. The molecule has 0 aliphatic rings. The maximum absolute atomic E-state index is 12.8. The minimum absolute atomic E-state index is 0.125. The predicted octanol–water partition coefficient (Wildman–Crippen LogP) is 4.01. The molecule has 112 valence electrons. The third-order valence-electron chi connectivity index (χ3n) is 2.66. The standard InChI is InChI=1S/C16H12ClFN2OS/c17-14-4-2-1-3-11(14)5-10-15(21)20-16(22)19-13-8-6-12(18)7-9-13/h1-10H,(H2,19,20,21,22)/b10-5+. The zero-order valence-corrected chi connectivity index (χ0v) is 12.9. The van der Waals surface area contributed by atoms with Gasteiger partial charge in [-0.25, -0.2) is 4.39 Å². The van der Waals surface area contributed by atoms with Crippen LogP contribution in [-0.2, 0) is 4.79 Å². The highest BCUT2D eigenvalue weighted by atomic mass is 35.5. The van der Waals surface area contributed by atoms with Crippen molar-refractivity contribution in [1.29, 1.82) is 0 Å². The van der Waals surface area contributed by atoms with Crippen LogP contribution < -0.4 is 10.6 Å². The van der Waals surface area contributed by atoms with Gasteiger partial charge in [0.15, 0.2) is 5.11 Å². The van der Waals surface area contributed by atoms with Crippen molar-refractivity contribution >= 4 is 46.6 Å². The summed E-state index contributed by atoms with van der Waals surface area (Å²) in [7, 11) is 0. The molecule has 0 aliphatic heterocycles. The van der Waals surface area contributed by atoms with Gasteiger partial charge in [0.05, 0.1) is 0 Å². The van der Waals surface area contributed by atoms with Crippen LogP contribution in [0.4, 0.5) is 10.1 Å². The molecule has 1 amide bonds. The maximum Gasteiger partial charge on any atom is 0.250 e. The lowest BCUT2D eigenvalue weighted by Crippen LogP contribution is -2.32. The highest BCUT2D eigenvalue weighted by Crippen LogP contribution is 2.16. The first kappa shape index (κ1) is 16.1. The van der Waals surface area contributed by atoms with E-state index in [1.165, 1.54) is 30.3 Å². The highest BCUT2D eigenvalue weighted by molar-refractivity contribution is 7.80. The second-order valence-electron chi connectivity index (χ2n) is 4.31. The van der Waals surface area contributed by atoms with Crippen molar-refractivity contribution in [2.45, 2.75) is 0 Å². The smallest absolute Gasteiger partial charge is 0.250 e. The largest absolute Gasteiger partial charge is 0.332 e. The molecule has 0 radical (unpaired) electrons. The van der Waals surface area contributed by atoms with Crippen LogP contribution in [0.1, 0.15) is 5.56 Å². The fourth-order valence-electron chi connectivity index (χ4n) is 1.62. The summed E-state index contributed by atoms with van der Waals surface area (Å²) in [5, 5.41) is 5.95. The van der Waals surface area contributed by atoms with E-state index >= 15 is 0 Å². The molecular formula is C16H12ClFN2OS. The number of carbonyl (C=O) groups is 1. The van der Waals surface area contributed by atoms with Crippen molar-refractivity contribution < 1.29 is 9.18 Å². The van der Waals surface area contributed by atoms with Gasteiger partial charge in [0.25, 0.3) is 0 Å². The third kappa shape index (κ3) is 4.95. The Kier molecular flexibility index (Phi) is 5.63. The number of anilines is 1. The van der Waals surface area contributed by atoms with E-state index in [0.29, 0.717) is 10.7 Å². The summed E-state index contributed by atoms with van der Waals surface area (Å²) >= 11 is 11.0. The fraction of sp³-hybridized carbons (Fsp3) is 0. The summed E-state index contributed by atoms with van der Waals surface area (Å²) in [6, 6.07) is 12.8. The Hall–Kier alpha value is -2.24. The molecular weight excluding hydrogens is 323 g/mol. The van der Waals surface area contributed by atoms with Crippen LogP contribution in [0.3, 0.4) is 0 Å². The number of carbonyl (C=O) groups excluding carboxylic acids is 1. The lowest BCUT2D eigenvalue weighted by Gasteiger charge is -2.07. The molecule has 2 aromatic rings. The summed E-state index contributed by atoms with van der Waals surface area (Å²) in [5.74, 6) is -0.734. The average molecular weight is 335 g/mol. The van der Waals surface area contributed by atoms with Crippen molar-refractivity contribution in [2.75, 3.05) is 5.32 Å². The summed E-state index contributed by atoms with van der Waals surface area (Å²) in [6.07, 6.45) is 2.93. The average Bonchev–Trinajstić information content (AvgIpc) is 2.49. The Bertz CT molecular complexity index is 716. The Balaban J connectivity index is 1.90. The van der Waals surface area contributed by atoms with E-state index in [0.717, 1.165) is 5.56 Å². The molecule has 0 unspecified atom stereocenters. The summed E-state index contributed by atoms with van der Waals surface area (Å²) in [6.45, 7) is 0. The molecule has 2 rings (SSSR count). The van der Waals surface area contributed by atoms with E-state index in [1.54, 1.807) is 18.2 Å². The second kappa shape index (κ2) is 7.68. The van der Waals surface area contributed by atoms with Crippen molar-refractivity contribution in [2.24, 2.45) is 0 Å². The number of thiocarbonyl (C=S) groups is 1. The molecule has 6 heteroatoms. The lowest BCUT2D eigenvalue weighted by atomic mass is 10.2. The van der Waals surface area contributed by atoms with Crippen LogP contribution in [0.2, 0.25) is 5.02 Å². The summed E-state index contributed by atoms with van der Waals surface area (Å²) < 4.78 is 12.8. The van der Waals surface area contributed by atoms with Crippen LogP contribution in [0, 0.1) is 5.82 Å². The summed E-state index contributed by atoms with van der Waals surface area (Å²) in [5.41, 5.74) is 1.32. The van der Waals surface area contributed by atoms with Gasteiger partial charge in [0, 0.05) is 16.8 Å². The van der Waals surface area contributed by atoms with Gasteiger partial charge >= 0.3 is 0 Å². The number of halogens is 2. The van der Waals surface area contributed by atoms with E-state index < -0.39 is 0 Å². The molecule has 0 saturated carbocycles. The van der Waals surface area contributed by atoms with Crippen molar-refractivity contribution in [3.8, 4) is 0 Å². The number of benzene rings is 2. The second-order valence-corrected chi connectivity index (χ2v) is 5.12. The van der Waals surface area contributed by atoms with Gasteiger partial charge in [0.1, 0.15) is 5.82 Å². The van der Waals surface area contributed by atoms with Crippen molar-refractivity contribution in [3.63, 3.8) is 0 Å². The van der Waals surface area contributed by atoms with Gasteiger partial charge in [-0.2, -0.15) is 0 Å². The Labute approximate surface area is 137 Å². The first-order chi connectivity index (χ1) is 10.5.